The van der Waals surface area contributed by atoms with Crippen molar-refractivity contribution < 1.29 is 22.7 Å². The van der Waals surface area contributed by atoms with Crippen molar-refractivity contribution >= 4 is 21.8 Å². The van der Waals surface area contributed by atoms with Crippen molar-refractivity contribution in [3.05, 3.63) is 0 Å². The Bertz CT molecular complexity index is 325. The van der Waals surface area contributed by atoms with E-state index in [1.54, 1.807) is 14.2 Å². The molecule has 0 aliphatic heterocycles. The van der Waals surface area contributed by atoms with Crippen molar-refractivity contribution in [1.82, 2.24) is 4.90 Å². The number of carbonyl (C=O) groups excluding carboxylic acids is 1. The first kappa shape index (κ1) is 17.8. The molecule has 0 N–H and O–H groups in total. The minimum atomic E-state index is -4.19. The van der Waals surface area contributed by atoms with Gasteiger partial charge in [-0.05, 0) is 19.3 Å². The maximum absolute atomic E-state index is 12.7. The summed E-state index contributed by atoms with van der Waals surface area (Å²) in [7, 11) is 3.19. The first-order chi connectivity index (χ1) is 9.25. The number of hydrogen-bond donors (Lipinski definition) is 0. The van der Waals surface area contributed by atoms with E-state index >= 15 is 0 Å². The van der Waals surface area contributed by atoms with Crippen LogP contribution >= 0.6 is 15.9 Å². The number of amides is 1. The van der Waals surface area contributed by atoms with Crippen LogP contribution in [0.2, 0.25) is 0 Å². The van der Waals surface area contributed by atoms with E-state index in [0.717, 1.165) is 0 Å². The Labute approximate surface area is 126 Å². The molecule has 3 nitrogen and oxygen atoms in total. The lowest BCUT2D eigenvalue weighted by Crippen LogP contribution is -2.41. The number of nitrogens with zero attached hydrogens (tertiary/aromatic N) is 1. The van der Waals surface area contributed by atoms with Crippen molar-refractivity contribution in [2.24, 2.45) is 11.8 Å². The van der Waals surface area contributed by atoms with Crippen molar-refractivity contribution in [2.75, 3.05) is 27.3 Å². The second-order valence-corrected chi connectivity index (χ2v) is 6.67. The molecule has 0 aromatic rings. The molecule has 1 rings (SSSR count). The fourth-order valence-electron chi connectivity index (χ4n) is 2.64. The average molecular weight is 360 g/mol. The smallest absolute Gasteiger partial charge is 0.383 e. The van der Waals surface area contributed by atoms with Crippen LogP contribution in [0.3, 0.4) is 0 Å². The van der Waals surface area contributed by atoms with Gasteiger partial charge in [0.2, 0.25) is 5.91 Å². The standard InChI is InChI=1S/C13H21BrF3NO2/c1-18(7-11(14)8-20-2)12(19)9-4-3-5-10(6-9)13(15,16)17/h9-11H,3-8H2,1-2H3. The largest absolute Gasteiger partial charge is 0.391 e. The zero-order valence-electron chi connectivity index (χ0n) is 11.8. The molecular formula is C13H21BrF3NO2. The van der Waals surface area contributed by atoms with Gasteiger partial charge < -0.3 is 9.64 Å². The van der Waals surface area contributed by atoms with Gasteiger partial charge in [0, 0.05) is 26.6 Å². The van der Waals surface area contributed by atoms with E-state index < -0.39 is 18.0 Å². The quantitative estimate of drug-likeness (QED) is 0.705. The molecule has 1 saturated carbocycles. The lowest BCUT2D eigenvalue weighted by Gasteiger charge is -2.32. The molecular weight excluding hydrogens is 339 g/mol. The molecule has 0 spiro atoms. The van der Waals surface area contributed by atoms with Crippen LogP contribution in [0.5, 0.6) is 0 Å². The predicted molar refractivity (Wildman–Crippen MR) is 73.7 cm³/mol. The second-order valence-electron chi connectivity index (χ2n) is 5.37. The lowest BCUT2D eigenvalue weighted by atomic mass is 9.80. The van der Waals surface area contributed by atoms with Crippen LogP contribution in [-0.2, 0) is 9.53 Å². The molecule has 0 saturated heterocycles. The van der Waals surface area contributed by atoms with Gasteiger partial charge in [-0.15, -0.1) is 0 Å². The predicted octanol–water partition coefficient (Wildman–Crippen LogP) is 3.22. The van der Waals surface area contributed by atoms with Crippen LogP contribution in [0.1, 0.15) is 25.7 Å². The summed E-state index contributed by atoms with van der Waals surface area (Å²) in [4.78, 5) is 13.7. The van der Waals surface area contributed by atoms with Gasteiger partial charge in [-0.3, -0.25) is 4.79 Å². The van der Waals surface area contributed by atoms with Crippen molar-refractivity contribution in [2.45, 2.75) is 36.7 Å². The summed E-state index contributed by atoms with van der Waals surface area (Å²) in [6, 6.07) is 0. The van der Waals surface area contributed by atoms with Crippen LogP contribution in [-0.4, -0.2) is 49.1 Å². The summed E-state index contributed by atoms with van der Waals surface area (Å²) in [5.74, 6) is -2.04. The molecule has 3 unspecified atom stereocenters. The Morgan fingerprint density at radius 1 is 1.45 bits per heavy atom. The monoisotopic (exact) mass is 359 g/mol. The molecule has 1 fully saturated rings. The van der Waals surface area contributed by atoms with E-state index in [0.29, 0.717) is 26.0 Å². The topological polar surface area (TPSA) is 29.5 Å². The van der Waals surface area contributed by atoms with E-state index in [-0.39, 0.29) is 23.6 Å². The molecule has 20 heavy (non-hydrogen) atoms. The summed E-state index contributed by atoms with van der Waals surface area (Å²) >= 11 is 3.38. The number of halogens is 4. The fraction of sp³-hybridized carbons (Fsp3) is 0.923. The Balaban J connectivity index is 2.53. The van der Waals surface area contributed by atoms with Gasteiger partial charge >= 0.3 is 6.18 Å². The average Bonchev–Trinajstić information content (AvgIpc) is 2.37. The number of ether oxygens (including phenoxy) is 1. The Morgan fingerprint density at radius 2 is 2.10 bits per heavy atom. The minimum Gasteiger partial charge on any atom is -0.383 e. The maximum Gasteiger partial charge on any atom is 0.391 e. The highest BCUT2D eigenvalue weighted by Crippen LogP contribution is 2.40. The summed E-state index contributed by atoms with van der Waals surface area (Å²) in [6.45, 7) is 0.882. The Hall–Kier alpha value is -0.300. The molecule has 0 heterocycles. The zero-order valence-corrected chi connectivity index (χ0v) is 13.3. The molecule has 1 aliphatic carbocycles. The van der Waals surface area contributed by atoms with E-state index in [2.05, 4.69) is 15.9 Å². The number of hydrogen-bond acceptors (Lipinski definition) is 2. The van der Waals surface area contributed by atoms with Gasteiger partial charge in [0.05, 0.1) is 17.4 Å². The van der Waals surface area contributed by atoms with Gasteiger partial charge in [-0.1, -0.05) is 22.4 Å². The maximum atomic E-state index is 12.7. The van der Waals surface area contributed by atoms with Gasteiger partial charge in [-0.2, -0.15) is 13.2 Å². The lowest BCUT2D eigenvalue weighted by molar-refractivity contribution is -0.187. The van der Waals surface area contributed by atoms with Crippen LogP contribution in [0.15, 0.2) is 0 Å². The third kappa shape index (κ3) is 5.24. The van der Waals surface area contributed by atoms with Gasteiger partial charge in [-0.25, -0.2) is 0 Å². The molecule has 1 amide bonds. The summed E-state index contributed by atoms with van der Waals surface area (Å²) < 4.78 is 43.2. The molecule has 0 aromatic heterocycles. The van der Waals surface area contributed by atoms with Crippen LogP contribution < -0.4 is 0 Å². The molecule has 0 aromatic carbocycles. The third-order valence-electron chi connectivity index (χ3n) is 3.68. The molecule has 7 heteroatoms. The highest BCUT2D eigenvalue weighted by Gasteiger charge is 2.44. The van der Waals surface area contributed by atoms with E-state index in [1.165, 1.54) is 4.90 Å². The number of methoxy groups -OCH3 is 1. The van der Waals surface area contributed by atoms with Crippen molar-refractivity contribution in [1.29, 1.82) is 0 Å². The zero-order chi connectivity index (χ0) is 15.3. The van der Waals surface area contributed by atoms with E-state index in [1.807, 2.05) is 0 Å². The van der Waals surface area contributed by atoms with Gasteiger partial charge in [0.25, 0.3) is 0 Å². The van der Waals surface area contributed by atoms with E-state index in [9.17, 15) is 18.0 Å². The van der Waals surface area contributed by atoms with Gasteiger partial charge in [0.1, 0.15) is 0 Å². The Kier molecular flexibility index (Phi) is 6.78. The highest BCUT2D eigenvalue weighted by molar-refractivity contribution is 9.09. The van der Waals surface area contributed by atoms with E-state index in [4.69, 9.17) is 4.74 Å². The molecule has 3 atom stereocenters. The molecule has 1 aliphatic rings. The van der Waals surface area contributed by atoms with Gasteiger partial charge in [0.15, 0.2) is 0 Å². The fourth-order valence-corrected chi connectivity index (χ4v) is 3.34. The number of carbonyl (C=O) groups is 1. The second kappa shape index (κ2) is 7.64. The van der Waals surface area contributed by atoms with Crippen LogP contribution in [0.25, 0.3) is 0 Å². The normalized spacial score (nSPS) is 25.3. The van der Waals surface area contributed by atoms with Crippen molar-refractivity contribution in [3.8, 4) is 0 Å². The Morgan fingerprint density at radius 3 is 2.65 bits per heavy atom. The highest BCUT2D eigenvalue weighted by atomic mass is 79.9. The summed E-state index contributed by atoms with van der Waals surface area (Å²) in [6.07, 6.45) is -3.12. The van der Waals surface area contributed by atoms with Crippen LogP contribution in [0, 0.1) is 11.8 Å². The molecule has 0 radical (unpaired) electrons. The summed E-state index contributed by atoms with van der Waals surface area (Å²) in [5.41, 5.74) is 0. The van der Waals surface area contributed by atoms with Crippen LogP contribution in [0.4, 0.5) is 13.2 Å². The number of alkyl halides is 4. The number of rotatable bonds is 5. The third-order valence-corrected chi connectivity index (χ3v) is 4.24. The minimum absolute atomic E-state index is 0.0107. The first-order valence-electron chi connectivity index (χ1n) is 6.70. The summed E-state index contributed by atoms with van der Waals surface area (Å²) in [5, 5.41) is 0. The first-order valence-corrected chi connectivity index (χ1v) is 7.62. The van der Waals surface area contributed by atoms with Crippen molar-refractivity contribution in [3.63, 3.8) is 0 Å². The molecule has 118 valence electrons. The molecule has 0 bridgehead atoms. The SMILES string of the molecule is COCC(Br)CN(C)C(=O)C1CCCC(C(F)(F)F)C1.